The number of aliphatic imine (C=N–C) groups is 2. The van der Waals surface area contributed by atoms with Gasteiger partial charge in [-0.2, -0.15) is 0 Å². The molecule has 0 radical (unpaired) electrons. The summed E-state index contributed by atoms with van der Waals surface area (Å²) in [6.45, 7) is 7.59. The van der Waals surface area contributed by atoms with E-state index in [1.807, 2.05) is 38.1 Å². The van der Waals surface area contributed by atoms with Crippen molar-refractivity contribution >= 4 is 40.1 Å². The van der Waals surface area contributed by atoms with E-state index in [0.29, 0.717) is 11.6 Å². The number of hydrogen-bond donors (Lipinski definition) is 1. The molecule has 0 aliphatic carbocycles. The molecule has 4 heterocycles. The van der Waals surface area contributed by atoms with Gasteiger partial charge in [0.25, 0.3) is 0 Å². The maximum Gasteiger partial charge on any atom is 0.141 e. The summed E-state index contributed by atoms with van der Waals surface area (Å²) in [6.07, 6.45) is 5.30. The number of hydrogen-bond acceptors (Lipinski definition) is 7. The van der Waals surface area contributed by atoms with E-state index >= 15 is 0 Å². The second-order valence-corrected chi connectivity index (χ2v) is 7.63. The Labute approximate surface area is 190 Å². The highest BCUT2D eigenvalue weighted by molar-refractivity contribution is 6.26. The van der Waals surface area contributed by atoms with E-state index in [0.717, 1.165) is 61.2 Å². The van der Waals surface area contributed by atoms with Gasteiger partial charge in [-0.3, -0.25) is 15.0 Å². The van der Waals surface area contributed by atoms with Gasteiger partial charge in [-0.05, 0) is 44.8 Å². The Morgan fingerprint density at radius 3 is 2.70 bits per heavy atom. The summed E-state index contributed by atoms with van der Waals surface area (Å²) >= 11 is 0. The third kappa shape index (κ3) is 3.18. The Balaban J connectivity index is 1.80. The van der Waals surface area contributed by atoms with E-state index < -0.39 is 0 Å². The van der Waals surface area contributed by atoms with E-state index in [1.165, 1.54) is 0 Å². The van der Waals surface area contributed by atoms with E-state index in [9.17, 15) is 0 Å². The van der Waals surface area contributed by atoms with E-state index in [1.54, 1.807) is 32.7 Å². The lowest BCUT2D eigenvalue weighted by atomic mass is 9.96. The molecular formula is C25H22N6O2. The molecule has 1 aromatic carbocycles. The summed E-state index contributed by atoms with van der Waals surface area (Å²) in [6, 6.07) is 7.84. The molecule has 164 valence electrons. The maximum absolute atomic E-state index is 5.79. The number of fused-ring (bicyclic) bond motifs is 2. The standard InChI is InChI=1S/C25H22N6O2/c1-13-22(14(2)33-31-13)17-10-20-16(11-21(17)32-5)23(25(27-4)30-20)24(26-3)15-6-9-29-19-7-8-28-12-18(15)19/h6-12,30H,4H2,1-3,5H3. The summed E-state index contributed by atoms with van der Waals surface area (Å²) in [7, 11) is 3.41. The van der Waals surface area contributed by atoms with E-state index in [2.05, 4.69) is 36.8 Å². The van der Waals surface area contributed by atoms with Crippen LogP contribution in [0, 0.1) is 13.8 Å². The molecule has 0 spiro atoms. The van der Waals surface area contributed by atoms with Crippen molar-refractivity contribution < 1.29 is 9.26 Å². The van der Waals surface area contributed by atoms with Gasteiger partial charge in [0.1, 0.15) is 17.3 Å². The van der Waals surface area contributed by atoms with Crippen molar-refractivity contribution in [3.63, 3.8) is 0 Å². The second kappa shape index (κ2) is 7.98. The van der Waals surface area contributed by atoms with Crippen LogP contribution in [-0.4, -0.2) is 46.7 Å². The molecule has 0 saturated carbocycles. The van der Waals surface area contributed by atoms with Crippen LogP contribution in [0.1, 0.15) is 22.6 Å². The number of nitrogens with one attached hydrogen (secondary N) is 1. The summed E-state index contributed by atoms with van der Waals surface area (Å²) in [5, 5.41) is 5.92. The van der Waals surface area contributed by atoms with Gasteiger partial charge in [0.05, 0.1) is 35.2 Å². The van der Waals surface area contributed by atoms with E-state index in [4.69, 9.17) is 9.26 Å². The smallest absolute Gasteiger partial charge is 0.141 e. The number of methoxy groups -OCH3 is 1. The highest BCUT2D eigenvalue weighted by atomic mass is 16.5. The summed E-state index contributed by atoms with van der Waals surface area (Å²) in [4.78, 5) is 21.1. The van der Waals surface area contributed by atoms with Crippen LogP contribution in [0.15, 0.2) is 57.4 Å². The van der Waals surface area contributed by atoms with Crippen LogP contribution in [0.2, 0.25) is 0 Å². The van der Waals surface area contributed by atoms with Gasteiger partial charge in [0.2, 0.25) is 0 Å². The average Bonchev–Trinajstić information content (AvgIpc) is 3.37. The number of aromatic nitrogens is 4. The zero-order chi connectivity index (χ0) is 23.1. The van der Waals surface area contributed by atoms with Crippen LogP contribution in [0.5, 0.6) is 5.75 Å². The minimum Gasteiger partial charge on any atom is -0.496 e. The lowest BCUT2D eigenvalue weighted by Gasteiger charge is -2.12. The van der Waals surface area contributed by atoms with Gasteiger partial charge in [0.15, 0.2) is 0 Å². The van der Waals surface area contributed by atoms with Crippen LogP contribution in [0.3, 0.4) is 0 Å². The molecule has 0 fully saturated rings. The molecule has 0 amide bonds. The Morgan fingerprint density at radius 1 is 1.15 bits per heavy atom. The number of aromatic amines is 1. The minimum atomic E-state index is 0.623. The molecule has 8 heteroatoms. The number of ether oxygens (including phenoxy) is 1. The monoisotopic (exact) mass is 438 g/mol. The molecule has 1 N–H and O–H groups in total. The SMILES string of the molecule is C=Nc1[nH]c2cc(-c3c(C)noc3C)c(OC)cc2c1C(=NC)c1ccnc2ccncc12. The van der Waals surface area contributed by atoms with Crippen molar-refractivity contribution in [2.45, 2.75) is 13.8 Å². The number of H-pyrrole nitrogens is 1. The molecule has 5 rings (SSSR count). The van der Waals surface area contributed by atoms with Gasteiger partial charge in [-0.15, -0.1) is 0 Å². The van der Waals surface area contributed by atoms with Gasteiger partial charge in [-0.25, -0.2) is 4.99 Å². The van der Waals surface area contributed by atoms with Crippen LogP contribution in [0.25, 0.3) is 32.9 Å². The van der Waals surface area contributed by atoms with Crippen LogP contribution in [-0.2, 0) is 0 Å². The van der Waals surface area contributed by atoms with Crippen LogP contribution < -0.4 is 4.74 Å². The van der Waals surface area contributed by atoms with Crippen molar-refractivity contribution in [2.75, 3.05) is 14.2 Å². The van der Waals surface area contributed by atoms with Gasteiger partial charge in [-0.1, -0.05) is 5.16 Å². The largest absolute Gasteiger partial charge is 0.496 e. The van der Waals surface area contributed by atoms with Crippen LogP contribution >= 0.6 is 0 Å². The average molecular weight is 438 g/mol. The normalized spacial score (nSPS) is 11.9. The second-order valence-electron chi connectivity index (χ2n) is 7.63. The first-order valence-corrected chi connectivity index (χ1v) is 10.4. The molecule has 33 heavy (non-hydrogen) atoms. The van der Waals surface area contributed by atoms with Crippen molar-refractivity contribution in [1.29, 1.82) is 0 Å². The highest BCUT2D eigenvalue weighted by Gasteiger charge is 2.23. The molecule has 0 unspecified atom stereocenters. The number of rotatable bonds is 5. The molecule has 4 aromatic heterocycles. The van der Waals surface area contributed by atoms with Gasteiger partial charge < -0.3 is 14.2 Å². The van der Waals surface area contributed by atoms with Gasteiger partial charge >= 0.3 is 0 Å². The number of benzene rings is 1. The quantitative estimate of drug-likeness (QED) is 0.381. The Bertz CT molecular complexity index is 1540. The van der Waals surface area contributed by atoms with Crippen molar-refractivity contribution in [1.82, 2.24) is 20.1 Å². The zero-order valence-corrected chi connectivity index (χ0v) is 18.8. The predicted molar refractivity (Wildman–Crippen MR) is 130 cm³/mol. The Hall–Kier alpha value is -4.33. The molecule has 0 saturated heterocycles. The first-order chi connectivity index (χ1) is 16.1. The fourth-order valence-electron chi connectivity index (χ4n) is 4.36. The molecule has 8 nitrogen and oxygen atoms in total. The highest BCUT2D eigenvalue weighted by Crippen LogP contribution is 2.41. The summed E-state index contributed by atoms with van der Waals surface area (Å²) in [5.74, 6) is 2.05. The van der Waals surface area contributed by atoms with Crippen molar-refractivity contribution in [2.24, 2.45) is 9.98 Å². The molecule has 5 aromatic rings. The predicted octanol–water partition coefficient (Wildman–Crippen LogP) is 5.19. The van der Waals surface area contributed by atoms with E-state index in [-0.39, 0.29) is 0 Å². The number of nitrogens with zero attached hydrogens (tertiary/aromatic N) is 5. The summed E-state index contributed by atoms with van der Waals surface area (Å²) < 4.78 is 11.2. The lowest BCUT2D eigenvalue weighted by molar-refractivity contribution is 0.393. The lowest BCUT2D eigenvalue weighted by Crippen LogP contribution is -2.05. The van der Waals surface area contributed by atoms with Crippen LogP contribution in [0.4, 0.5) is 5.82 Å². The number of aryl methyl sites for hydroxylation is 2. The van der Waals surface area contributed by atoms with Gasteiger partial charge in [0, 0.05) is 53.1 Å². The fourth-order valence-corrected chi connectivity index (χ4v) is 4.36. The minimum absolute atomic E-state index is 0.623. The summed E-state index contributed by atoms with van der Waals surface area (Å²) in [5.41, 5.74) is 6.82. The third-order valence-corrected chi connectivity index (χ3v) is 5.82. The Kier molecular flexibility index (Phi) is 4.97. The molecule has 0 aliphatic rings. The zero-order valence-electron chi connectivity index (χ0n) is 18.8. The van der Waals surface area contributed by atoms with Crippen molar-refractivity contribution in [3.05, 3.63) is 65.4 Å². The molecule has 0 aliphatic heterocycles. The topological polar surface area (TPSA) is 102 Å². The number of pyridine rings is 2. The fraction of sp³-hybridized carbons (Fsp3) is 0.160. The molecule has 0 bridgehead atoms. The first kappa shape index (κ1) is 20.6. The Morgan fingerprint density at radius 2 is 2.00 bits per heavy atom. The van der Waals surface area contributed by atoms with Crippen molar-refractivity contribution in [3.8, 4) is 16.9 Å². The third-order valence-electron chi connectivity index (χ3n) is 5.82. The first-order valence-electron chi connectivity index (χ1n) is 10.4. The maximum atomic E-state index is 5.79. The molecule has 0 atom stereocenters. The molecular weight excluding hydrogens is 416 g/mol.